The predicted octanol–water partition coefficient (Wildman–Crippen LogP) is 0.980. The normalized spacial score (nSPS) is 12.4. The number of carbonyl (C=O) groups is 3. The zero-order valence-electron chi connectivity index (χ0n) is 13.9. The summed E-state index contributed by atoms with van der Waals surface area (Å²) < 4.78 is 0. The molecule has 0 fully saturated rings. The van der Waals surface area contributed by atoms with Crippen LogP contribution in [0.15, 0.2) is 0 Å². The highest BCUT2D eigenvalue weighted by Gasteiger charge is 2.12. The van der Waals surface area contributed by atoms with Gasteiger partial charge >= 0.3 is 11.9 Å². The summed E-state index contributed by atoms with van der Waals surface area (Å²) >= 11 is 0. The van der Waals surface area contributed by atoms with Crippen LogP contribution >= 0.6 is 0 Å². The van der Waals surface area contributed by atoms with Crippen LogP contribution in [0.1, 0.15) is 47.5 Å². The zero-order chi connectivity index (χ0) is 18.5. The van der Waals surface area contributed by atoms with E-state index >= 15 is 0 Å². The van der Waals surface area contributed by atoms with Crippen LogP contribution in [0.3, 0.4) is 0 Å². The van der Waals surface area contributed by atoms with Gasteiger partial charge in [0.1, 0.15) is 12.1 Å². The summed E-state index contributed by atoms with van der Waals surface area (Å²) in [6, 6.07) is -1.38. The fraction of sp³-hybridized carbons (Fsp3) is 0.786. The fourth-order valence-corrected chi connectivity index (χ4v) is 1.22. The molecule has 132 valence electrons. The number of carboxylic acids is 3. The molecule has 0 bridgehead atoms. The highest BCUT2D eigenvalue weighted by Crippen LogP contribution is 2.02. The maximum Gasteiger partial charge on any atom is 0.320 e. The van der Waals surface area contributed by atoms with E-state index in [0.29, 0.717) is 24.7 Å². The van der Waals surface area contributed by atoms with E-state index < -0.39 is 30.0 Å². The van der Waals surface area contributed by atoms with Gasteiger partial charge in [-0.1, -0.05) is 27.7 Å². The van der Waals surface area contributed by atoms with Crippen molar-refractivity contribution in [3.63, 3.8) is 0 Å². The van der Waals surface area contributed by atoms with Crippen LogP contribution in [0.5, 0.6) is 0 Å². The van der Waals surface area contributed by atoms with Gasteiger partial charge < -0.3 is 26.8 Å². The highest BCUT2D eigenvalue weighted by molar-refractivity contribution is 5.73. The lowest BCUT2D eigenvalue weighted by Gasteiger charge is -2.07. The summed E-state index contributed by atoms with van der Waals surface area (Å²) in [5, 5.41) is 24.0. The molecule has 0 aromatic carbocycles. The minimum atomic E-state index is -0.913. The van der Waals surface area contributed by atoms with Gasteiger partial charge in [-0.3, -0.25) is 14.4 Å². The van der Waals surface area contributed by atoms with Crippen LogP contribution in [-0.2, 0) is 14.4 Å². The van der Waals surface area contributed by atoms with Gasteiger partial charge in [-0.15, -0.1) is 0 Å². The van der Waals surface area contributed by atoms with Gasteiger partial charge in [0, 0.05) is 6.92 Å². The molecule has 0 saturated heterocycles. The number of hydrogen-bond donors (Lipinski definition) is 5. The largest absolute Gasteiger partial charge is 0.481 e. The van der Waals surface area contributed by atoms with Gasteiger partial charge in [0.05, 0.1) is 0 Å². The number of rotatable bonds is 6. The number of nitrogens with two attached hydrogens (primary N) is 2. The first-order chi connectivity index (χ1) is 9.81. The van der Waals surface area contributed by atoms with Crippen LogP contribution in [0.2, 0.25) is 0 Å². The quantitative estimate of drug-likeness (QED) is 0.483. The predicted molar refractivity (Wildman–Crippen MR) is 83.4 cm³/mol. The fourth-order valence-electron chi connectivity index (χ4n) is 1.22. The van der Waals surface area contributed by atoms with Crippen molar-refractivity contribution in [3.8, 4) is 0 Å². The monoisotopic (exact) mass is 322 g/mol. The first-order valence-corrected chi connectivity index (χ1v) is 6.97. The number of aliphatic carboxylic acids is 3. The molecule has 0 aromatic rings. The van der Waals surface area contributed by atoms with Crippen molar-refractivity contribution in [1.82, 2.24) is 0 Å². The van der Waals surface area contributed by atoms with Crippen LogP contribution < -0.4 is 11.5 Å². The van der Waals surface area contributed by atoms with Crippen LogP contribution in [-0.4, -0.2) is 45.3 Å². The van der Waals surface area contributed by atoms with Crippen molar-refractivity contribution < 1.29 is 29.7 Å². The average Bonchev–Trinajstić information content (AvgIpc) is 2.26. The second-order valence-electron chi connectivity index (χ2n) is 5.67. The maximum atomic E-state index is 10.1. The minimum absolute atomic E-state index is 0.357. The molecule has 0 aliphatic heterocycles. The third-order valence-electron chi connectivity index (χ3n) is 2.09. The number of hydrogen-bond acceptors (Lipinski definition) is 5. The van der Waals surface area contributed by atoms with E-state index in [4.69, 9.17) is 31.6 Å². The third-order valence-corrected chi connectivity index (χ3v) is 2.09. The maximum absolute atomic E-state index is 10.1. The Labute approximate surface area is 131 Å². The van der Waals surface area contributed by atoms with E-state index in [1.165, 1.54) is 0 Å². The average molecular weight is 322 g/mol. The Hall–Kier alpha value is -1.67. The van der Waals surface area contributed by atoms with E-state index in [0.717, 1.165) is 6.92 Å². The summed E-state index contributed by atoms with van der Waals surface area (Å²) in [4.78, 5) is 29.2. The smallest absolute Gasteiger partial charge is 0.320 e. The standard InChI is InChI=1S/2C6H13NO2.C2H4O2/c2*1-4(2)3-5(7)6(8)9;1-2(3)4/h2*4-5H,3,7H2,1-2H3,(H,8,9);1H3,(H,3,4)/t2*5-;/m00./s1. The molecule has 0 amide bonds. The molecule has 7 N–H and O–H groups in total. The topological polar surface area (TPSA) is 164 Å². The van der Waals surface area contributed by atoms with E-state index in [9.17, 15) is 9.59 Å². The van der Waals surface area contributed by atoms with E-state index in [1.807, 2.05) is 27.7 Å². The lowest BCUT2D eigenvalue weighted by atomic mass is 10.1. The van der Waals surface area contributed by atoms with Crippen molar-refractivity contribution in [2.24, 2.45) is 23.3 Å². The Balaban J connectivity index is -0.000000266. The van der Waals surface area contributed by atoms with Crippen LogP contribution in [0, 0.1) is 11.8 Å². The van der Waals surface area contributed by atoms with Gasteiger partial charge in [0.15, 0.2) is 0 Å². The molecule has 0 aliphatic rings. The Bertz CT molecular complexity index is 301. The molecule has 8 heteroatoms. The molecule has 0 radical (unpaired) electrons. The first kappa shape index (κ1) is 25.3. The summed E-state index contributed by atoms with van der Waals surface area (Å²) in [5.41, 5.74) is 10.4. The Morgan fingerprint density at radius 2 is 0.955 bits per heavy atom. The molecule has 0 saturated carbocycles. The van der Waals surface area contributed by atoms with E-state index in [-0.39, 0.29) is 0 Å². The SMILES string of the molecule is CC(=O)O.CC(C)C[C@H](N)C(=O)O.CC(C)C[C@H](N)C(=O)O. The molecular formula is C14H30N2O6. The molecule has 2 atom stereocenters. The van der Waals surface area contributed by atoms with Crippen molar-refractivity contribution in [2.75, 3.05) is 0 Å². The second kappa shape index (κ2) is 14.3. The highest BCUT2D eigenvalue weighted by atomic mass is 16.4. The van der Waals surface area contributed by atoms with Gasteiger partial charge in [0.25, 0.3) is 5.97 Å². The molecule has 0 aliphatic carbocycles. The van der Waals surface area contributed by atoms with Gasteiger partial charge in [-0.2, -0.15) is 0 Å². The Morgan fingerprint density at radius 1 is 0.773 bits per heavy atom. The van der Waals surface area contributed by atoms with Crippen molar-refractivity contribution in [3.05, 3.63) is 0 Å². The summed E-state index contributed by atoms with van der Waals surface area (Å²) in [5.74, 6) is -1.94. The summed E-state index contributed by atoms with van der Waals surface area (Å²) in [6.07, 6.45) is 1.10. The molecule has 0 rings (SSSR count). The molecule has 0 aromatic heterocycles. The minimum Gasteiger partial charge on any atom is -0.481 e. The Morgan fingerprint density at radius 3 is 1.00 bits per heavy atom. The van der Waals surface area contributed by atoms with Gasteiger partial charge in [0.2, 0.25) is 0 Å². The molecule has 0 heterocycles. The Kier molecular flexibility index (Phi) is 16.4. The molecular weight excluding hydrogens is 292 g/mol. The van der Waals surface area contributed by atoms with Gasteiger partial charge in [-0.05, 0) is 24.7 Å². The number of carboxylic acid groups (broad SMARTS) is 3. The molecule has 22 heavy (non-hydrogen) atoms. The molecule has 0 spiro atoms. The third kappa shape index (κ3) is 26.8. The lowest BCUT2D eigenvalue weighted by Crippen LogP contribution is -2.31. The first-order valence-electron chi connectivity index (χ1n) is 6.97. The summed E-state index contributed by atoms with van der Waals surface area (Å²) in [6.45, 7) is 8.87. The van der Waals surface area contributed by atoms with E-state index in [2.05, 4.69) is 0 Å². The van der Waals surface area contributed by atoms with E-state index in [1.54, 1.807) is 0 Å². The van der Waals surface area contributed by atoms with Crippen LogP contribution in [0.4, 0.5) is 0 Å². The summed E-state index contributed by atoms with van der Waals surface area (Å²) in [7, 11) is 0. The zero-order valence-corrected chi connectivity index (χ0v) is 13.9. The second-order valence-corrected chi connectivity index (χ2v) is 5.67. The van der Waals surface area contributed by atoms with Gasteiger partial charge in [-0.25, -0.2) is 0 Å². The van der Waals surface area contributed by atoms with Crippen molar-refractivity contribution in [1.29, 1.82) is 0 Å². The van der Waals surface area contributed by atoms with Crippen LogP contribution in [0.25, 0.3) is 0 Å². The van der Waals surface area contributed by atoms with Crippen molar-refractivity contribution in [2.45, 2.75) is 59.5 Å². The molecule has 8 nitrogen and oxygen atoms in total. The lowest BCUT2D eigenvalue weighted by molar-refractivity contribution is -0.139. The molecule has 0 unspecified atom stereocenters. The van der Waals surface area contributed by atoms with Crippen molar-refractivity contribution >= 4 is 17.9 Å².